The molecule has 0 aliphatic rings. The summed E-state index contributed by atoms with van der Waals surface area (Å²) in [5.41, 5.74) is 4.31. The average molecular weight is 255 g/mol. The summed E-state index contributed by atoms with van der Waals surface area (Å²) in [5.74, 6) is 1.04. The van der Waals surface area contributed by atoms with E-state index in [1.54, 1.807) is 0 Å². The number of nitrogens with zero attached hydrogens (tertiary/aromatic N) is 3. The number of aromatic nitrogens is 4. The second-order valence-corrected chi connectivity index (χ2v) is 4.72. The third-order valence-electron chi connectivity index (χ3n) is 3.23. The van der Waals surface area contributed by atoms with E-state index in [0.29, 0.717) is 0 Å². The fourth-order valence-corrected chi connectivity index (χ4v) is 2.22. The standard InChI is InChI=1S/C14H17N5/c1-10-7-11(18-17-10)8-15-9-14-16-12-5-3-4-6-13(12)19(14)2/h3-7,15H,8-9H2,1-2H3,(H,17,18). The molecule has 2 N–H and O–H groups in total. The van der Waals surface area contributed by atoms with Gasteiger partial charge in [0.25, 0.3) is 0 Å². The van der Waals surface area contributed by atoms with E-state index < -0.39 is 0 Å². The molecule has 19 heavy (non-hydrogen) atoms. The third-order valence-corrected chi connectivity index (χ3v) is 3.23. The van der Waals surface area contributed by atoms with Gasteiger partial charge >= 0.3 is 0 Å². The van der Waals surface area contributed by atoms with Gasteiger partial charge in [-0.05, 0) is 25.1 Å². The average Bonchev–Trinajstić information content (AvgIpc) is 2.96. The van der Waals surface area contributed by atoms with Crippen molar-refractivity contribution in [1.82, 2.24) is 25.1 Å². The number of benzene rings is 1. The van der Waals surface area contributed by atoms with Crippen LogP contribution in [0.4, 0.5) is 0 Å². The fraction of sp³-hybridized carbons (Fsp3) is 0.286. The minimum Gasteiger partial charge on any atom is -0.330 e. The van der Waals surface area contributed by atoms with Crippen molar-refractivity contribution in [2.24, 2.45) is 7.05 Å². The van der Waals surface area contributed by atoms with Crippen molar-refractivity contribution in [3.8, 4) is 0 Å². The Morgan fingerprint density at radius 3 is 2.84 bits per heavy atom. The van der Waals surface area contributed by atoms with Crippen LogP contribution >= 0.6 is 0 Å². The maximum absolute atomic E-state index is 4.62. The van der Waals surface area contributed by atoms with Crippen LogP contribution < -0.4 is 5.32 Å². The molecule has 0 unspecified atom stereocenters. The highest BCUT2D eigenvalue weighted by atomic mass is 15.1. The van der Waals surface area contributed by atoms with Crippen molar-refractivity contribution in [2.75, 3.05) is 0 Å². The van der Waals surface area contributed by atoms with Gasteiger partial charge in [-0.3, -0.25) is 5.10 Å². The van der Waals surface area contributed by atoms with Crippen LogP contribution in [0.3, 0.4) is 0 Å². The van der Waals surface area contributed by atoms with Gasteiger partial charge in [-0.15, -0.1) is 0 Å². The first kappa shape index (κ1) is 11.9. The summed E-state index contributed by atoms with van der Waals surface area (Å²) in [5, 5.41) is 10.5. The number of aromatic amines is 1. The molecule has 0 aliphatic carbocycles. The topological polar surface area (TPSA) is 58.5 Å². The number of hydrogen-bond donors (Lipinski definition) is 2. The lowest BCUT2D eigenvalue weighted by molar-refractivity contribution is 0.633. The summed E-state index contributed by atoms with van der Waals surface area (Å²) in [6.45, 7) is 3.48. The third kappa shape index (κ3) is 2.37. The number of rotatable bonds is 4. The van der Waals surface area contributed by atoms with Gasteiger partial charge in [-0.2, -0.15) is 5.10 Å². The molecule has 3 aromatic rings. The zero-order valence-electron chi connectivity index (χ0n) is 11.1. The summed E-state index contributed by atoms with van der Waals surface area (Å²) in [6, 6.07) is 10.2. The van der Waals surface area contributed by atoms with E-state index in [2.05, 4.69) is 31.1 Å². The van der Waals surface area contributed by atoms with Crippen molar-refractivity contribution < 1.29 is 0 Å². The SMILES string of the molecule is Cc1cc(CNCc2nc3ccccc3n2C)n[nH]1. The Bertz CT molecular complexity index is 695. The highest BCUT2D eigenvalue weighted by molar-refractivity contribution is 5.75. The molecule has 1 aromatic carbocycles. The number of hydrogen-bond acceptors (Lipinski definition) is 3. The van der Waals surface area contributed by atoms with E-state index in [1.807, 2.05) is 38.2 Å². The normalized spacial score (nSPS) is 11.3. The lowest BCUT2D eigenvalue weighted by atomic mass is 10.3. The highest BCUT2D eigenvalue weighted by Gasteiger charge is 2.06. The van der Waals surface area contributed by atoms with Crippen LogP contribution in [0.2, 0.25) is 0 Å². The molecule has 98 valence electrons. The van der Waals surface area contributed by atoms with E-state index in [1.165, 1.54) is 0 Å². The zero-order valence-corrected chi connectivity index (χ0v) is 11.1. The van der Waals surface area contributed by atoms with E-state index in [4.69, 9.17) is 0 Å². The number of nitrogens with one attached hydrogen (secondary N) is 2. The van der Waals surface area contributed by atoms with E-state index >= 15 is 0 Å². The molecular weight excluding hydrogens is 238 g/mol. The quantitative estimate of drug-likeness (QED) is 0.748. The Morgan fingerprint density at radius 2 is 2.11 bits per heavy atom. The first-order chi connectivity index (χ1) is 9.24. The van der Waals surface area contributed by atoms with Gasteiger partial charge in [0, 0.05) is 19.3 Å². The number of para-hydroxylation sites is 2. The van der Waals surface area contributed by atoms with Crippen LogP contribution in [0.5, 0.6) is 0 Å². The Hall–Kier alpha value is -2.14. The number of aryl methyl sites for hydroxylation is 2. The Morgan fingerprint density at radius 1 is 1.26 bits per heavy atom. The Balaban J connectivity index is 1.70. The van der Waals surface area contributed by atoms with Crippen LogP contribution in [0, 0.1) is 6.92 Å². The molecule has 0 bridgehead atoms. The van der Waals surface area contributed by atoms with Gasteiger partial charge in [0.05, 0.1) is 23.3 Å². The molecule has 0 saturated heterocycles. The van der Waals surface area contributed by atoms with Crippen LogP contribution in [-0.2, 0) is 20.1 Å². The van der Waals surface area contributed by atoms with Crippen LogP contribution in [0.25, 0.3) is 11.0 Å². The molecule has 0 aliphatic heterocycles. The molecule has 0 radical (unpaired) electrons. The molecule has 5 heteroatoms. The predicted molar refractivity (Wildman–Crippen MR) is 74.6 cm³/mol. The summed E-state index contributed by atoms with van der Waals surface area (Å²) in [7, 11) is 2.05. The van der Waals surface area contributed by atoms with Gasteiger partial charge in [-0.25, -0.2) is 4.98 Å². The van der Waals surface area contributed by atoms with Crippen LogP contribution in [-0.4, -0.2) is 19.7 Å². The fourth-order valence-electron chi connectivity index (χ4n) is 2.22. The molecule has 0 atom stereocenters. The highest BCUT2D eigenvalue weighted by Crippen LogP contribution is 2.13. The molecule has 0 spiro atoms. The first-order valence-electron chi connectivity index (χ1n) is 6.36. The van der Waals surface area contributed by atoms with Gasteiger partial charge in [0.2, 0.25) is 0 Å². The minimum absolute atomic E-state index is 0.733. The lowest BCUT2D eigenvalue weighted by Gasteiger charge is -2.03. The molecule has 0 saturated carbocycles. The summed E-state index contributed by atoms with van der Waals surface area (Å²) >= 11 is 0. The number of imidazole rings is 1. The second-order valence-electron chi connectivity index (χ2n) is 4.72. The molecule has 3 rings (SSSR count). The van der Waals surface area contributed by atoms with Crippen molar-refractivity contribution >= 4 is 11.0 Å². The molecule has 0 fully saturated rings. The van der Waals surface area contributed by atoms with E-state index in [-0.39, 0.29) is 0 Å². The smallest absolute Gasteiger partial charge is 0.123 e. The molecule has 2 aromatic heterocycles. The summed E-state index contributed by atoms with van der Waals surface area (Å²) in [6.07, 6.45) is 0. The van der Waals surface area contributed by atoms with Crippen molar-refractivity contribution in [2.45, 2.75) is 20.0 Å². The first-order valence-corrected chi connectivity index (χ1v) is 6.36. The number of fused-ring (bicyclic) bond motifs is 1. The largest absolute Gasteiger partial charge is 0.330 e. The van der Waals surface area contributed by atoms with E-state index in [0.717, 1.165) is 41.3 Å². The van der Waals surface area contributed by atoms with Gasteiger partial charge < -0.3 is 9.88 Å². The molecule has 5 nitrogen and oxygen atoms in total. The zero-order chi connectivity index (χ0) is 13.2. The van der Waals surface area contributed by atoms with Crippen LogP contribution in [0.15, 0.2) is 30.3 Å². The Labute approximate surface area is 111 Å². The van der Waals surface area contributed by atoms with Crippen molar-refractivity contribution in [3.05, 3.63) is 47.5 Å². The number of H-pyrrole nitrogens is 1. The molecule has 0 amide bonds. The van der Waals surface area contributed by atoms with E-state index in [9.17, 15) is 0 Å². The Kier molecular flexibility index (Phi) is 3.05. The maximum atomic E-state index is 4.62. The predicted octanol–water partition coefficient (Wildman–Crippen LogP) is 1.89. The second kappa shape index (κ2) is 4.85. The minimum atomic E-state index is 0.733. The van der Waals surface area contributed by atoms with Crippen molar-refractivity contribution in [3.63, 3.8) is 0 Å². The summed E-state index contributed by atoms with van der Waals surface area (Å²) < 4.78 is 2.12. The van der Waals surface area contributed by atoms with Crippen LogP contribution in [0.1, 0.15) is 17.2 Å². The maximum Gasteiger partial charge on any atom is 0.123 e. The van der Waals surface area contributed by atoms with Crippen molar-refractivity contribution in [1.29, 1.82) is 0 Å². The molecule has 2 heterocycles. The molecular formula is C14H17N5. The lowest BCUT2D eigenvalue weighted by Crippen LogP contribution is -2.16. The van der Waals surface area contributed by atoms with Gasteiger partial charge in [-0.1, -0.05) is 12.1 Å². The monoisotopic (exact) mass is 255 g/mol. The van der Waals surface area contributed by atoms with Gasteiger partial charge in [0.15, 0.2) is 0 Å². The van der Waals surface area contributed by atoms with Gasteiger partial charge in [0.1, 0.15) is 5.82 Å². The summed E-state index contributed by atoms with van der Waals surface area (Å²) in [4.78, 5) is 4.62.